The van der Waals surface area contributed by atoms with Gasteiger partial charge < -0.3 is 9.64 Å². The lowest BCUT2D eigenvalue weighted by Gasteiger charge is -2.52. The van der Waals surface area contributed by atoms with Crippen molar-refractivity contribution >= 4 is 6.09 Å². The van der Waals surface area contributed by atoms with E-state index in [1.165, 1.54) is 29.5 Å². The number of ether oxygens (including phenoxy) is 1. The number of rotatable bonds is 1. The van der Waals surface area contributed by atoms with E-state index >= 15 is 0 Å². The summed E-state index contributed by atoms with van der Waals surface area (Å²) in [6.07, 6.45) is 4.64. The Morgan fingerprint density at radius 2 is 1.79 bits per heavy atom. The summed E-state index contributed by atoms with van der Waals surface area (Å²) in [4.78, 5) is 14.1. The molecule has 0 aromatic heterocycles. The molecule has 24 heavy (non-hydrogen) atoms. The summed E-state index contributed by atoms with van der Waals surface area (Å²) >= 11 is 0. The number of carbonyl (C=O) groups excluding carboxylic acids is 1. The second-order valence-corrected chi connectivity index (χ2v) is 8.86. The van der Waals surface area contributed by atoms with Gasteiger partial charge in [-0.05, 0) is 88.3 Å². The van der Waals surface area contributed by atoms with Crippen molar-refractivity contribution in [1.29, 1.82) is 0 Å². The fourth-order valence-corrected chi connectivity index (χ4v) is 4.32. The number of carbonyl (C=O) groups is 1. The Morgan fingerprint density at radius 1 is 1.17 bits per heavy atom. The smallest absolute Gasteiger partial charge is 0.410 e. The van der Waals surface area contributed by atoms with Crippen molar-refractivity contribution in [2.24, 2.45) is 5.41 Å². The zero-order valence-electron chi connectivity index (χ0n) is 15.8. The number of benzene rings is 1. The Hall–Kier alpha value is -1.51. The van der Waals surface area contributed by atoms with E-state index in [1.54, 1.807) is 0 Å². The van der Waals surface area contributed by atoms with Crippen LogP contribution in [-0.2, 0) is 4.74 Å². The predicted molar refractivity (Wildman–Crippen MR) is 97.4 cm³/mol. The van der Waals surface area contributed by atoms with Crippen LogP contribution >= 0.6 is 0 Å². The summed E-state index contributed by atoms with van der Waals surface area (Å²) in [5.74, 6) is 0.706. The first-order valence-corrected chi connectivity index (χ1v) is 9.23. The van der Waals surface area contributed by atoms with E-state index in [1.807, 2.05) is 25.7 Å². The number of hydrogen-bond donors (Lipinski definition) is 0. The Morgan fingerprint density at radius 3 is 2.38 bits per heavy atom. The molecule has 1 aromatic carbocycles. The maximum Gasteiger partial charge on any atom is 0.410 e. The van der Waals surface area contributed by atoms with Crippen LogP contribution in [0.4, 0.5) is 4.79 Å². The number of hydrogen-bond acceptors (Lipinski definition) is 2. The SMILES string of the molecule is Cc1cccc(C2CC3(CCN(C(=O)OC(C)(C)C)CC3)C2)c1C. The number of nitrogens with zero attached hydrogens (tertiary/aromatic N) is 1. The van der Waals surface area contributed by atoms with Crippen LogP contribution in [-0.4, -0.2) is 29.7 Å². The monoisotopic (exact) mass is 329 g/mol. The third kappa shape index (κ3) is 3.45. The second-order valence-electron chi connectivity index (χ2n) is 8.86. The minimum Gasteiger partial charge on any atom is -0.444 e. The van der Waals surface area contributed by atoms with Gasteiger partial charge in [-0.3, -0.25) is 0 Å². The molecule has 1 saturated heterocycles. The average Bonchev–Trinajstić information content (AvgIpc) is 2.46. The summed E-state index contributed by atoms with van der Waals surface area (Å²) in [5, 5.41) is 0. The van der Waals surface area contributed by atoms with E-state index in [0.717, 1.165) is 25.9 Å². The third-order valence-electron chi connectivity index (χ3n) is 5.92. The van der Waals surface area contributed by atoms with Crippen LogP contribution in [0.2, 0.25) is 0 Å². The minimum atomic E-state index is -0.406. The summed E-state index contributed by atoms with van der Waals surface area (Å²) in [6, 6.07) is 6.69. The van der Waals surface area contributed by atoms with Gasteiger partial charge in [0.05, 0.1) is 0 Å². The molecule has 0 radical (unpaired) electrons. The molecule has 3 heteroatoms. The Balaban J connectivity index is 1.55. The highest BCUT2D eigenvalue weighted by molar-refractivity contribution is 5.68. The van der Waals surface area contributed by atoms with Crippen LogP contribution in [0.15, 0.2) is 18.2 Å². The largest absolute Gasteiger partial charge is 0.444 e. The molecule has 132 valence electrons. The third-order valence-corrected chi connectivity index (χ3v) is 5.92. The highest BCUT2D eigenvalue weighted by Crippen LogP contribution is 2.57. The molecule has 3 nitrogen and oxygen atoms in total. The van der Waals surface area contributed by atoms with Crippen molar-refractivity contribution in [2.45, 2.75) is 71.8 Å². The van der Waals surface area contributed by atoms with Crippen molar-refractivity contribution in [3.8, 4) is 0 Å². The summed E-state index contributed by atoms with van der Waals surface area (Å²) < 4.78 is 5.50. The van der Waals surface area contributed by atoms with Crippen LogP contribution in [0, 0.1) is 19.3 Å². The van der Waals surface area contributed by atoms with E-state index in [0.29, 0.717) is 11.3 Å². The topological polar surface area (TPSA) is 29.5 Å². The van der Waals surface area contributed by atoms with Crippen LogP contribution < -0.4 is 0 Å². The molecule has 1 aliphatic carbocycles. The van der Waals surface area contributed by atoms with Gasteiger partial charge in [0.15, 0.2) is 0 Å². The Labute approximate surface area is 146 Å². The molecular formula is C21H31NO2. The van der Waals surface area contributed by atoms with Crippen LogP contribution in [0.25, 0.3) is 0 Å². The molecular weight excluding hydrogens is 298 g/mol. The van der Waals surface area contributed by atoms with E-state index in [-0.39, 0.29) is 6.09 Å². The number of amides is 1. The van der Waals surface area contributed by atoms with Crippen molar-refractivity contribution in [3.05, 3.63) is 34.9 Å². The van der Waals surface area contributed by atoms with Crippen LogP contribution in [0.1, 0.15) is 69.1 Å². The molecule has 2 fully saturated rings. The van der Waals surface area contributed by atoms with Gasteiger partial charge in [-0.15, -0.1) is 0 Å². The molecule has 1 aliphatic heterocycles. The highest BCUT2D eigenvalue weighted by atomic mass is 16.6. The van der Waals surface area contributed by atoms with Gasteiger partial charge in [0, 0.05) is 13.1 Å². The molecule has 1 spiro atoms. The molecule has 1 saturated carbocycles. The van der Waals surface area contributed by atoms with Crippen molar-refractivity contribution < 1.29 is 9.53 Å². The summed E-state index contributed by atoms with van der Waals surface area (Å²) in [7, 11) is 0. The van der Waals surface area contributed by atoms with Crippen LogP contribution in [0.3, 0.4) is 0 Å². The highest BCUT2D eigenvalue weighted by Gasteiger charge is 2.47. The summed E-state index contributed by atoms with van der Waals surface area (Å²) in [5.41, 5.74) is 4.45. The molecule has 0 bridgehead atoms. The summed E-state index contributed by atoms with van der Waals surface area (Å²) in [6.45, 7) is 11.9. The predicted octanol–water partition coefficient (Wildman–Crippen LogP) is 5.20. The van der Waals surface area contributed by atoms with Gasteiger partial charge in [0.2, 0.25) is 0 Å². The van der Waals surface area contributed by atoms with E-state index in [9.17, 15) is 4.79 Å². The molecule has 3 rings (SSSR count). The molecule has 2 aliphatic rings. The lowest BCUT2D eigenvalue weighted by atomic mass is 9.55. The lowest BCUT2D eigenvalue weighted by molar-refractivity contribution is -0.0122. The van der Waals surface area contributed by atoms with Gasteiger partial charge in [-0.1, -0.05) is 18.2 Å². The normalized spacial score (nSPS) is 20.8. The number of likely N-dealkylation sites (tertiary alicyclic amines) is 1. The maximum absolute atomic E-state index is 12.2. The molecule has 0 atom stereocenters. The van der Waals surface area contributed by atoms with E-state index < -0.39 is 5.60 Å². The van der Waals surface area contributed by atoms with Gasteiger partial charge in [-0.2, -0.15) is 0 Å². The zero-order chi connectivity index (χ0) is 17.5. The van der Waals surface area contributed by atoms with Gasteiger partial charge in [0.25, 0.3) is 0 Å². The Kier molecular flexibility index (Phi) is 4.39. The molecule has 1 aromatic rings. The second kappa shape index (κ2) is 6.09. The van der Waals surface area contributed by atoms with Crippen molar-refractivity contribution in [3.63, 3.8) is 0 Å². The molecule has 0 N–H and O–H groups in total. The molecule has 1 heterocycles. The van der Waals surface area contributed by atoms with Gasteiger partial charge in [-0.25, -0.2) is 4.79 Å². The zero-order valence-corrected chi connectivity index (χ0v) is 15.8. The van der Waals surface area contributed by atoms with Gasteiger partial charge >= 0.3 is 6.09 Å². The van der Waals surface area contributed by atoms with E-state index in [2.05, 4.69) is 32.0 Å². The fraction of sp³-hybridized carbons (Fsp3) is 0.667. The van der Waals surface area contributed by atoms with Crippen molar-refractivity contribution in [1.82, 2.24) is 4.90 Å². The fourth-order valence-electron chi connectivity index (χ4n) is 4.32. The average molecular weight is 329 g/mol. The number of aryl methyl sites for hydroxylation is 1. The maximum atomic E-state index is 12.2. The Bertz CT molecular complexity index is 613. The number of piperidine rings is 1. The first-order valence-electron chi connectivity index (χ1n) is 9.23. The lowest BCUT2D eigenvalue weighted by Crippen LogP contribution is -2.49. The van der Waals surface area contributed by atoms with Gasteiger partial charge in [0.1, 0.15) is 5.60 Å². The minimum absolute atomic E-state index is 0.150. The first kappa shape index (κ1) is 17.3. The first-order chi connectivity index (χ1) is 11.2. The molecule has 0 unspecified atom stereocenters. The standard InChI is InChI=1S/C21H31NO2/c1-15-7-6-8-18(16(15)2)17-13-21(14-17)9-11-22(12-10-21)19(23)24-20(3,4)5/h6-8,17H,9-14H2,1-5H3. The quantitative estimate of drug-likeness (QED) is 0.709. The van der Waals surface area contributed by atoms with Crippen LogP contribution in [0.5, 0.6) is 0 Å². The van der Waals surface area contributed by atoms with Crippen molar-refractivity contribution in [2.75, 3.05) is 13.1 Å². The van der Waals surface area contributed by atoms with E-state index in [4.69, 9.17) is 4.74 Å². The molecule has 1 amide bonds.